The third-order valence-corrected chi connectivity index (χ3v) is 4.04. The Labute approximate surface area is 157 Å². The van der Waals surface area contributed by atoms with E-state index in [1.54, 1.807) is 44.5 Å². The molecule has 0 aliphatic carbocycles. The molecule has 6 heteroatoms. The summed E-state index contributed by atoms with van der Waals surface area (Å²) >= 11 is 0. The average molecular weight is 361 g/mol. The molecule has 1 N–H and O–H groups in total. The largest absolute Gasteiger partial charge is 0.497 e. The smallest absolute Gasteiger partial charge is 0.276 e. The fourth-order valence-corrected chi connectivity index (χ4v) is 2.51. The maximum Gasteiger partial charge on any atom is 0.276 e. The van der Waals surface area contributed by atoms with E-state index < -0.39 is 0 Å². The molecule has 0 atom stereocenters. The Bertz CT molecular complexity index is 940. The number of carbonyl (C=O) groups excluding carboxylic acids is 2. The molecule has 6 nitrogen and oxygen atoms in total. The Morgan fingerprint density at radius 1 is 1.00 bits per heavy atom. The van der Waals surface area contributed by atoms with Gasteiger partial charge in [0.2, 0.25) is 0 Å². The van der Waals surface area contributed by atoms with E-state index in [0.717, 1.165) is 5.69 Å². The van der Waals surface area contributed by atoms with Crippen molar-refractivity contribution in [2.45, 2.75) is 0 Å². The van der Waals surface area contributed by atoms with Crippen molar-refractivity contribution in [2.75, 3.05) is 24.4 Å². The lowest BCUT2D eigenvalue weighted by Crippen LogP contribution is -2.27. The lowest BCUT2D eigenvalue weighted by atomic mass is 10.2. The van der Waals surface area contributed by atoms with E-state index in [1.165, 1.54) is 17.2 Å². The van der Waals surface area contributed by atoms with Crippen LogP contribution in [0.25, 0.3) is 0 Å². The molecule has 136 valence electrons. The van der Waals surface area contributed by atoms with Gasteiger partial charge in [-0.2, -0.15) is 0 Å². The molecule has 0 radical (unpaired) electrons. The van der Waals surface area contributed by atoms with Gasteiger partial charge in [0.1, 0.15) is 11.4 Å². The first-order chi connectivity index (χ1) is 13.1. The Hall–Kier alpha value is -3.67. The highest BCUT2D eigenvalue weighted by molar-refractivity contribution is 6.08. The zero-order valence-electron chi connectivity index (χ0n) is 15.0. The standard InChI is InChI=1S/C21H19N3O3/c1-24(17-6-4-3-5-7-17)21(26)19-14-15(12-13-22-19)20(25)23-16-8-10-18(27-2)11-9-16/h3-14H,1-2H3,(H,23,25). The van der Waals surface area contributed by atoms with E-state index in [9.17, 15) is 9.59 Å². The maximum absolute atomic E-state index is 12.7. The Morgan fingerprint density at radius 2 is 1.70 bits per heavy atom. The summed E-state index contributed by atoms with van der Waals surface area (Å²) in [6.07, 6.45) is 1.45. The molecular formula is C21H19N3O3. The van der Waals surface area contributed by atoms with Gasteiger partial charge in [0.05, 0.1) is 7.11 Å². The number of carbonyl (C=O) groups is 2. The van der Waals surface area contributed by atoms with Gasteiger partial charge >= 0.3 is 0 Å². The van der Waals surface area contributed by atoms with E-state index in [1.807, 2.05) is 30.3 Å². The molecule has 0 fully saturated rings. The number of benzene rings is 2. The number of hydrogen-bond donors (Lipinski definition) is 1. The molecule has 0 saturated carbocycles. The van der Waals surface area contributed by atoms with Gasteiger partial charge in [-0.05, 0) is 48.5 Å². The van der Waals surface area contributed by atoms with Crippen molar-refractivity contribution in [3.8, 4) is 5.75 Å². The van der Waals surface area contributed by atoms with Crippen LogP contribution in [0.2, 0.25) is 0 Å². The second-order valence-electron chi connectivity index (χ2n) is 5.81. The Kier molecular flexibility index (Phi) is 5.47. The van der Waals surface area contributed by atoms with Gasteiger partial charge in [-0.15, -0.1) is 0 Å². The number of nitrogens with zero attached hydrogens (tertiary/aromatic N) is 2. The summed E-state index contributed by atoms with van der Waals surface area (Å²) in [7, 11) is 3.25. The average Bonchev–Trinajstić information content (AvgIpc) is 2.74. The third-order valence-electron chi connectivity index (χ3n) is 4.04. The first kappa shape index (κ1) is 18.1. The molecular weight excluding hydrogens is 342 g/mol. The lowest BCUT2D eigenvalue weighted by molar-refractivity contribution is 0.0988. The van der Waals surface area contributed by atoms with Gasteiger partial charge in [0.15, 0.2) is 0 Å². The Balaban J connectivity index is 1.76. The molecule has 0 aliphatic heterocycles. The number of pyridine rings is 1. The van der Waals surface area contributed by atoms with Crippen LogP contribution in [0.4, 0.5) is 11.4 Å². The molecule has 1 aromatic heterocycles. The first-order valence-electron chi connectivity index (χ1n) is 8.33. The highest BCUT2D eigenvalue weighted by atomic mass is 16.5. The zero-order valence-corrected chi connectivity index (χ0v) is 15.0. The molecule has 3 rings (SSSR count). The Morgan fingerprint density at radius 3 is 2.37 bits per heavy atom. The molecule has 1 heterocycles. The predicted octanol–water partition coefficient (Wildman–Crippen LogP) is 3.62. The van der Waals surface area contributed by atoms with Gasteiger partial charge in [0, 0.05) is 30.2 Å². The van der Waals surface area contributed by atoms with Gasteiger partial charge in [-0.25, -0.2) is 0 Å². The maximum atomic E-state index is 12.7. The quantitative estimate of drug-likeness (QED) is 0.753. The van der Waals surface area contributed by atoms with Crippen LogP contribution in [-0.4, -0.2) is 31.0 Å². The minimum absolute atomic E-state index is 0.198. The van der Waals surface area contributed by atoms with Crippen LogP contribution < -0.4 is 15.0 Å². The molecule has 0 unspecified atom stereocenters. The van der Waals surface area contributed by atoms with Crippen molar-refractivity contribution in [3.05, 3.63) is 84.2 Å². The second-order valence-corrected chi connectivity index (χ2v) is 5.81. The van der Waals surface area contributed by atoms with Gasteiger partial charge in [-0.3, -0.25) is 14.6 Å². The van der Waals surface area contributed by atoms with E-state index in [4.69, 9.17) is 4.74 Å². The third kappa shape index (κ3) is 4.30. The van der Waals surface area contributed by atoms with E-state index in [2.05, 4.69) is 10.3 Å². The number of hydrogen-bond acceptors (Lipinski definition) is 4. The number of ether oxygens (including phenoxy) is 1. The van der Waals surface area contributed by atoms with E-state index >= 15 is 0 Å². The fraction of sp³-hybridized carbons (Fsp3) is 0.0952. The minimum atomic E-state index is -0.320. The van der Waals surface area contributed by atoms with Crippen molar-refractivity contribution < 1.29 is 14.3 Å². The summed E-state index contributed by atoms with van der Waals surface area (Å²) in [6.45, 7) is 0. The van der Waals surface area contributed by atoms with Gasteiger partial charge in [0.25, 0.3) is 11.8 Å². The van der Waals surface area contributed by atoms with Crippen molar-refractivity contribution in [1.29, 1.82) is 0 Å². The molecule has 3 aromatic rings. The second kappa shape index (κ2) is 8.14. The van der Waals surface area contributed by atoms with Crippen LogP contribution in [0.3, 0.4) is 0 Å². The van der Waals surface area contributed by atoms with Crippen LogP contribution in [0.1, 0.15) is 20.8 Å². The number of anilines is 2. The lowest BCUT2D eigenvalue weighted by Gasteiger charge is -2.17. The van der Waals surface area contributed by atoms with Crippen LogP contribution in [0.15, 0.2) is 72.9 Å². The summed E-state index contributed by atoms with van der Waals surface area (Å²) in [5.74, 6) is 0.0908. The SMILES string of the molecule is COc1ccc(NC(=O)c2ccnc(C(=O)N(C)c3ccccc3)c2)cc1. The number of rotatable bonds is 5. The van der Waals surface area contributed by atoms with Crippen LogP contribution >= 0.6 is 0 Å². The summed E-state index contributed by atoms with van der Waals surface area (Å²) < 4.78 is 5.10. The summed E-state index contributed by atoms with van der Waals surface area (Å²) in [5, 5.41) is 2.79. The van der Waals surface area contributed by atoms with Crippen molar-refractivity contribution in [1.82, 2.24) is 4.98 Å². The van der Waals surface area contributed by atoms with Gasteiger partial charge in [-0.1, -0.05) is 18.2 Å². The fourth-order valence-electron chi connectivity index (χ4n) is 2.51. The number of methoxy groups -OCH3 is 1. The van der Waals surface area contributed by atoms with Gasteiger partial charge < -0.3 is 15.0 Å². The molecule has 2 amide bonds. The first-order valence-corrected chi connectivity index (χ1v) is 8.33. The molecule has 0 aliphatic rings. The molecule has 2 aromatic carbocycles. The number of para-hydroxylation sites is 1. The highest BCUT2D eigenvalue weighted by Crippen LogP contribution is 2.17. The minimum Gasteiger partial charge on any atom is -0.497 e. The van der Waals surface area contributed by atoms with E-state index in [0.29, 0.717) is 17.0 Å². The summed E-state index contributed by atoms with van der Waals surface area (Å²) in [6, 6.07) is 19.3. The monoisotopic (exact) mass is 361 g/mol. The zero-order chi connectivity index (χ0) is 19.2. The number of amides is 2. The van der Waals surface area contributed by atoms with Crippen molar-refractivity contribution in [2.24, 2.45) is 0 Å². The van der Waals surface area contributed by atoms with Crippen LogP contribution in [0.5, 0.6) is 5.75 Å². The normalized spacial score (nSPS) is 10.1. The van der Waals surface area contributed by atoms with E-state index in [-0.39, 0.29) is 17.5 Å². The molecule has 0 spiro atoms. The predicted molar refractivity (Wildman–Crippen MR) is 104 cm³/mol. The molecule has 0 bridgehead atoms. The van der Waals surface area contributed by atoms with Crippen molar-refractivity contribution >= 4 is 23.2 Å². The summed E-state index contributed by atoms with van der Waals surface area (Å²) in [4.78, 5) is 30.8. The highest BCUT2D eigenvalue weighted by Gasteiger charge is 2.17. The molecule has 0 saturated heterocycles. The number of aromatic nitrogens is 1. The van der Waals surface area contributed by atoms with Crippen molar-refractivity contribution in [3.63, 3.8) is 0 Å². The summed E-state index contributed by atoms with van der Waals surface area (Å²) in [5.41, 5.74) is 1.93. The van der Waals surface area contributed by atoms with Crippen LogP contribution in [0, 0.1) is 0 Å². The molecule has 27 heavy (non-hydrogen) atoms. The van der Waals surface area contributed by atoms with Crippen LogP contribution in [-0.2, 0) is 0 Å². The topological polar surface area (TPSA) is 71.5 Å². The number of nitrogens with one attached hydrogen (secondary N) is 1.